The van der Waals surface area contributed by atoms with Crippen LogP contribution >= 0.6 is 0 Å². The van der Waals surface area contributed by atoms with Gasteiger partial charge in [0.2, 0.25) is 0 Å². The van der Waals surface area contributed by atoms with Crippen LogP contribution in [0, 0.1) is 0 Å². The quantitative estimate of drug-likeness (QED) is 0.136. The van der Waals surface area contributed by atoms with E-state index in [4.69, 9.17) is 19.5 Å². The molecule has 6 nitrogen and oxygen atoms in total. The van der Waals surface area contributed by atoms with Gasteiger partial charge in [-0.3, -0.25) is 20.0 Å². The standard InChI is InChI=1S/C36H34N4O2/c1-3-11-31(12-4-1)35(39-23-33-15-7-9-21-37-33)27-41-25-29-17-19-30(20-18-29)26-42-28-36(32-13-5-2-6-14-32)40-24-34-16-8-10-22-38-34/h1-24,35-36H,25-28H2/t35-,36-/m1/s1. The lowest BCUT2D eigenvalue weighted by atomic mass is 10.1. The molecule has 0 N–H and O–H groups in total. The van der Waals surface area contributed by atoms with E-state index in [1.165, 1.54) is 0 Å². The lowest BCUT2D eigenvalue weighted by Gasteiger charge is -2.14. The summed E-state index contributed by atoms with van der Waals surface area (Å²) in [6.45, 7) is 1.94. The van der Waals surface area contributed by atoms with Gasteiger partial charge in [0.05, 0.1) is 49.9 Å². The summed E-state index contributed by atoms with van der Waals surface area (Å²) in [5.41, 5.74) is 6.06. The minimum absolute atomic E-state index is 0.112. The van der Waals surface area contributed by atoms with Gasteiger partial charge in [0.1, 0.15) is 0 Å². The van der Waals surface area contributed by atoms with Crippen molar-refractivity contribution in [2.75, 3.05) is 13.2 Å². The van der Waals surface area contributed by atoms with Gasteiger partial charge in [-0.2, -0.15) is 0 Å². The summed E-state index contributed by atoms with van der Waals surface area (Å²) in [6, 6.07) is 40.1. The summed E-state index contributed by atoms with van der Waals surface area (Å²) in [6.07, 6.45) is 7.15. The Morgan fingerprint density at radius 2 is 0.905 bits per heavy atom. The van der Waals surface area contributed by atoms with Crippen molar-refractivity contribution < 1.29 is 9.47 Å². The number of rotatable bonds is 14. The summed E-state index contributed by atoms with van der Waals surface area (Å²) in [4.78, 5) is 18.2. The number of nitrogens with zero attached hydrogens (tertiary/aromatic N) is 4. The van der Waals surface area contributed by atoms with Crippen LogP contribution in [0.3, 0.4) is 0 Å². The molecule has 0 unspecified atom stereocenters. The lowest BCUT2D eigenvalue weighted by Crippen LogP contribution is -2.08. The normalized spacial score (nSPS) is 13.0. The highest BCUT2D eigenvalue weighted by Gasteiger charge is 2.11. The smallest absolute Gasteiger partial charge is 0.0983 e. The highest BCUT2D eigenvalue weighted by atomic mass is 16.5. The highest BCUT2D eigenvalue weighted by Crippen LogP contribution is 2.20. The summed E-state index contributed by atoms with van der Waals surface area (Å²) in [7, 11) is 0. The van der Waals surface area contributed by atoms with Crippen LogP contribution in [0.25, 0.3) is 0 Å². The fourth-order valence-corrected chi connectivity index (χ4v) is 4.35. The van der Waals surface area contributed by atoms with E-state index in [1.54, 1.807) is 12.4 Å². The van der Waals surface area contributed by atoms with E-state index < -0.39 is 0 Å². The Hall–Kier alpha value is -4.78. The van der Waals surface area contributed by atoms with Gasteiger partial charge in [-0.05, 0) is 46.5 Å². The molecular weight excluding hydrogens is 520 g/mol. The predicted octanol–water partition coefficient (Wildman–Crippen LogP) is 7.23. The van der Waals surface area contributed by atoms with Crippen molar-refractivity contribution >= 4 is 12.4 Å². The van der Waals surface area contributed by atoms with E-state index in [0.29, 0.717) is 26.4 Å². The first-order valence-corrected chi connectivity index (χ1v) is 14.0. The van der Waals surface area contributed by atoms with E-state index in [9.17, 15) is 0 Å². The van der Waals surface area contributed by atoms with E-state index in [-0.39, 0.29) is 12.1 Å². The Balaban J connectivity index is 1.13. The molecule has 0 saturated heterocycles. The molecule has 2 atom stereocenters. The van der Waals surface area contributed by atoms with Gasteiger partial charge in [0.15, 0.2) is 0 Å². The number of benzene rings is 3. The first-order chi connectivity index (χ1) is 20.8. The molecule has 0 aliphatic carbocycles. The molecule has 5 rings (SSSR count). The molecule has 6 heteroatoms. The molecule has 0 saturated carbocycles. The van der Waals surface area contributed by atoms with Crippen molar-refractivity contribution in [1.82, 2.24) is 9.97 Å². The molecule has 2 heterocycles. The number of aromatic nitrogens is 2. The molecule has 0 aliphatic heterocycles. The average Bonchev–Trinajstić information content (AvgIpc) is 3.06. The van der Waals surface area contributed by atoms with Gasteiger partial charge in [0, 0.05) is 24.8 Å². The molecule has 210 valence electrons. The van der Waals surface area contributed by atoms with Crippen LogP contribution in [0.1, 0.15) is 45.7 Å². The van der Waals surface area contributed by atoms with Crippen LogP contribution < -0.4 is 0 Å². The second kappa shape index (κ2) is 15.9. The largest absolute Gasteiger partial charge is 0.374 e. The van der Waals surface area contributed by atoms with E-state index in [1.807, 2.05) is 85.2 Å². The molecule has 0 spiro atoms. The van der Waals surface area contributed by atoms with Gasteiger partial charge in [-0.15, -0.1) is 0 Å². The van der Waals surface area contributed by atoms with Gasteiger partial charge < -0.3 is 9.47 Å². The van der Waals surface area contributed by atoms with Crippen LogP contribution in [-0.2, 0) is 22.7 Å². The highest BCUT2D eigenvalue weighted by molar-refractivity contribution is 5.77. The van der Waals surface area contributed by atoms with Crippen molar-refractivity contribution in [2.24, 2.45) is 9.98 Å². The Bertz CT molecular complexity index is 1390. The molecule has 2 aromatic heterocycles. The second-order valence-corrected chi connectivity index (χ2v) is 9.77. The summed E-state index contributed by atoms with van der Waals surface area (Å²) in [5.74, 6) is 0. The lowest BCUT2D eigenvalue weighted by molar-refractivity contribution is 0.107. The first kappa shape index (κ1) is 28.7. The predicted molar refractivity (Wildman–Crippen MR) is 168 cm³/mol. The minimum Gasteiger partial charge on any atom is -0.374 e. The van der Waals surface area contributed by atoms with Crippen molar-refractivity contribution in [3.05, 3.63) is 167 Å². The minimum atomic E-state index is -0.112. The van der Waals surface area contributed by atoms with Crippen LogP contribution in [0.2, 0.25) is 0 Å². The van der Waals surface area contributed by atoms with E-state index in [0.717, 1.165) is 33.6 Å². The molecule has 0 radical (unpaired) electrons. The molecule has 3 aromatic carbocycles. The monoisotopic (exact) mass is 554 g/mol. The third-order valence-corrected chi connectivity index (χ3v) is 6.63. The van der Waals surface area contributed by atoms with Crippen LogP contribution in [0.15, 0.2) is 144 Å². The Morgan fingerprint density at radius 3 is 1.29 bits per heavy atom. The molecule has 42 heavy (non-hydrogen) atoms. The van der Waals surface area contributed by atoms with Gasteiger partial charge >= 0.3 is 0 Å². The second-order valence-electron chi connectivity index (χ2n) is 9.77. The van der Waals surface area contributed by atoms with Crippen molar-refractivity contribution in [2.45, 2.75) is 25.3 Å². The van der Waals surface area contributed by atoms with E-state index in [2.05, 4.69) is 58.5 Å². The zero-order chi connectivity index (χ0) is 28.7. The maximum absolute atomic E-state index is 6.10. The molecular formula is C36H34N4O2. The number of hydrogen-bond acceptors (Lipinski definition) is 6. The maximum Gasteiger partial charge on any atom is 0.0983 e. The number of hydrogen-bond donors (Lipinski definition) is 0. The maximum atomic E-state index is 6.10. The van der Waals surface area contributed by atoms with Crippen molar-refractivity contribution in [3.63, 3.8) is 0 Å². The van der Waals surface area contributed by atoms with E-state index >= 15 is 0 Å². The van der Waals surface area contributed by atoms with Crippen molar-refractivity contribution in [3.8, 4) is 0 Å². The molecule has 0 amide bonds. The van der Waals surface area contributed by atoms with Gasteiger partial charge in [0.25, 0.3) is 0 Å². The van der Waals surface area contributed by atoms with Gasteiger partial charge in [-0.1, -0.05) is 97.1 Å². The zero-order valence-electron chi connectivity index (χ0n) is 23.4. The molecule has 0 bridgehead atoms. The number of pyridine rings is 2. The number of ether oxygens (including phenoxy) is 2. The summed E-state index contributed by atoms with van der Waals surface area (Å²) in [5, 5.41) is 0. The topological polar surface area (TPSA) is 69.0 Å². The molecule has 0 fully saturated rings. The third-order valence-electron chi connectivity index (χ3n) is 6.63. The third kappa shape index (κ3) is 9.13. The average molecular weight is 555 g/mol. The molecule has 5 aromatic rings. The SMILES string of the molecule is C(=N[C@H](COCc1ccc(COC[C@@H](N=Cc2ccccn2)c2ccccc2)cc1)c1ccccc1)c1ccccn1. The summed E-state index contributed by atoms with van der Waals surface area (Å²) < 4.78 is 12.2. The Morgan fingerprint density at radius 1 is 0.500 bits per heavy atom. The number of aliphatic imine (C=N–C) groups is 2. The van der Waals surface area contributed by atoms with Crippen LogP contribution in [-0.4, -0.2) is 35.6 Å². The Kier molecular flexibility index (Phi) is 10.9. The van der Waals surface area contributed by atoms with Crippen LogP contribution in [0.5, 0.6) is 0 Å². The fraction of sp³-hybridized carbons (Fsp3) is 0.167. The zero-order valence-corrected chi connectivity index (χ0v) is 23.4. The fourth-order valence-electron chi connectivity index (χ4n) is 4.35. The Labute approximate surface area is 247 Å². The molecule has 0 aliphatic rings. The first-order valence-electron chi connectivity index (χ1n) is 14.0. The van der Waals surface area contributed by atoms with Crippen molar-refractivity contribution in [1.29, 1.82) is 0 Å². The van der Waals surface area contributed by atoms with Gasteiger partial charge in [-0.25, -0.2) is 0 Å². The van der Waals surface area contributed by atoms with Crippen LogP contribution in [0.4, 0.5) is 0 Å². The summed E-state index contributed by atoms with van der Waals surface area (Å²) >= 11 is 0.